The van der Waals surface area contributed by atoms with E-state index in [9.17, 15) is 21.6 Å². The van der Waals surface area contributed by atoms with E-state index in [1.807, 2.05) is 0 Å². The van der Waals surface area contributed by atoms with Crippen molar-refractivity contribution in [2.75, 3.05) is 0 Å². The van der Waals surface area contributed by atoms with Crippen molar-refractivity contribution in [3.05, 3.63) is 70.0 Å². The number of aromatic nitrogens is 3. The van der Waals surface area contributed by atoms with E-state index >= 15 is 0 Å². The third kappa shape index (κ3) is 3.33. The first kappa shape index (κ1) is 19.1. The molecule has 146 valence electrons. The van der Waals surface area contributed by atoms with E-state index in [-0.39, 0.29) is 18.0 Å². The van der Waals surface area contributed by atoms with Crippen molar-refractivity contribution in [1.29, 1.82) is 0 Å². The fourth-order valence-corrected chi connectivity index (χ4v) is 4.89. The summed E-state index contributed by atoms with van der Waals surface area (Å²) >= 11 is 3.32. The maximum atomic E-state index is 13.2. The number of rotatable bonds is 2. The van der Waals surface area contributed by atoms with Gasteiger partial charge in [0.25, 0.3) is 0 Å². The number of hydrogen-bond donors (Lipinski definition) is 0. The third-order valence-corrected chi connectivity index (χ3v) is 6.70. The zero-order chi connectivity index (χ0) is 20.1. The first-order valence-electron chi connectivity index (χ1n) is 8.02. The van der Waals surface area contributed by atoms with E-state index in [1.165, 1.54) is 33.4 Å². The standard InChI is InChI=1S/C17H12BrF3N4O2S/c18-13-5-6-16-15(7-13)25-14(8-22-23-25)10-24(28(16,26)27)9-11-1-3-12(4-2-11)17(19,20)21/h1-8H,9-10H2. The molecule has 0 spiro atoms. The Morgan fingerprint density at radius 2 is 1.82 bits per heavy atom. The van der Waals surface area contributed by atoms with Gasteiger partial charge in [0.05, 0.1) is 29.7 Å². The highest BCUT2D eigenvalue weighted by molar-refractivity contribution is 9.10. The Bertz CT molecular complexity index is 1140. The second kappa shape index (κ2) is 6.68. The summed E-state index contributed by atoms with van der Waals surface area (Å²) in [5, 5.41) is 7.83. The van der Waals surface area contributed by atoms with Gasteiger partial charge in [0, 0.05) is 11.0 Å². The molecular weight excluding hydrogens is 461 g/mol. The Kier molecular flexibility index (Phi) is 4.55. The lowest BCUT2D eigenvalue weighted by atomic mass is 10.1. The number of fused-ring (bicyclic) bond motifs is 3. The zero-order valence-corrected chi connectivity index (χ0v) is 16.5. The first-order chi connectivity index (χ1) is 13.2. The van der Waals surface area contributed by atoms with Crippen LogP contribution in [0.25, 0.3) is 5.69 Å². The maximum absolute atomic E-state index is 13.2. The van der Waals surface area contributed by atoms with Crippen LogP contribution in [0.15, 0.2) is 58.0 Å². The molecular formula is C17H12BrF3N4O2S. The molecule has 2 aromatic carbocycles. The average Bonchev–Trinajstić information content (AvgIpc) is 3.06. The topological polar surface area (TPSA) is 68.1 Å². The predicted octanol–water partition coefficient (Wildman–Crippen LogP) is 3.75. The molecule has 0 atom stereocenters. The van der Waals surface area contributed by atoms with E-state index in [0.29, 0.717) is 21.4 Å². The maximum Gasteiger partial charge on any atom is 0.416 e. The molecule has 1 aliphatic rings. The van der Waals surface area contributed by atoms with Crippen LogP contribution in [0.1, 0.15) is 16.8 Å². The molecule has 28 heavy (non-hydrogen) atoms. The SMILES string of the molecule is O=S1(=O)c2ccc(Br)cc2-n2nncc2CN1Cc1ccc(C(F)(F)F)cc1. The van der Waals surface area contributed by atoms with Crippen LogP contribution in [-0.2, 0) is 29.3 Å². The van der Waals surface area contributed by atoms with Crippen molar-refractivity contribution in [3.63, 3.8) is 0 Å². The quantitative estimate of drug-likeness (QED) is 0.569. The van der Waals surface area contributed by atoms with Crippen molar-refractivity contribution in [2.24, 2.45) is 0 Å². The van der Waals surface area contributed by atoms with E-state index in [4.69, 9.17) is 0 Å². The fourth-order valence-electron chi connectivity index (χ4n) is 2.99. The molecule has 11 heteroatoms. The lowest BCUT2D eigenvalue weighted by Gasteiger charge is -2.20. The minimum absolute atomic E-state index is 0.0113. The van der Waals surface area contributed by atoms with Crippen molar-refractivity contribution in [3.8, 4) is 5.69 Å². The van der Waals surface area contributed by atoms with Crippen molar-refractivity contribution >= 4 is 26.0 Å². The van der Waals surface area contributed by atoms with Gasteiger partial charge in [0.1, 0.15) is 4.90 Å². The third-order valence-electron chi connectivity index (χ3n) is 4.37. The van der Waals surface area contributed by atoms with Gasteiger partial charge in [-0.15, -0.1) is 5.10 Å². The minimum Gasteiger partial charge on any atom is -0.215 e. The summed E-state index contributed by atoms with van der Waals surface area (Å²) in [4.78, 5) is 0.0480. The fraction of sp³-hybridized carbons (Fsp3) is 0.176. The molecule has 0 saturated carbocycles. The number of sulfonamides is 1. The number of nitrogens with zero attached hydrogens (tertiary/aromatic N) is 4. The monoisotopic (exact) mass is 472 g/mol. The molecule has 1 aliphatic heterocycles. The van der Waals surface area contributed by atoms with Gasteiger partial charge >= 0.3 is 6.18 Å². The largest absolute Gasteiger partial charge is 0.416 e. The Morgan fingerprint density at radius 3 is 2.50 bits per heavy atom. The summed E-state index contributed by atoms with van der Waals surface area (Å²) in [5.41, 5.74) is 0.563. The number of alkyl halides is 3. The van der Waals surface area contributed by atoms with Gasteiger partial charge in [0.2, 0.25) is 10.0 Å². The van der Waals surface area contributed by atoms with Crippen LogP contribution in [0.5, 0.6) is 0 Å². The number of benzene rings is 2. The summed E-state index contributed by atoms with van der Waals surface area (Å²) in [5.74, 6) is 0. The van der Waals surface area contributed by atoms with Crippen LogP contribution < -0.4 is 0 Å². The highest BCUT2D eigenvalue weighted by Crippen LogP contribution is 2.33. The van der Waals surface area contributed by atoms with Gasteiger partial charge in [-0.1, -0.05) is 33.3 Å². The molecule has 0 bridgehead atoms. The van der Waals surface area contributed by atoms with Gasteiger partial charge in [0.15, 0.2) is 0 Å². The van der Waals surface area contributed by atoms with Crippen molar-refractivity contribution in [2.45, 2.75) is 24.2 Å². The molecule has 0 amide bonds. The van der Waals surface area contributed by atoms with Crippen LogP contribution in [0, 0.1) is 0 Å². The van der Waals surface area contributed by atoms with Crippen LogP contribution in [-0.4, -0.2) is 27.7 Å². The lowest BCUT2D eigenvalue weighted by Crippen LogP contribution is -2.29. The highest BCUT2D eigenvalue weighted by atomic mass is 79.9. The molecule has 0 radical (unpaired) electrons. The first-order valence-corrected chi connectivity index (χ1v) is 10.3. The van der Waals surface area contributed by atoms with Gasteiger partial charge in [-0.25, -0.2) is 13.1 Å². The van der Waals surface area contributed by atoms with Gasteiger partial charge in [-0.05, 0) is 35.9 Å². The van der Waals surface area contributed by atoms with Gasteiger partial charge in [-0.2, -0.15) is 17.5 Å². The lowest BCUT2D eigenvalue weighted by molar-refractivity contribution is -0.137. The predicted molar refractivity (Wildman–Crippen MR) is 96.9 cm³/mol. The molecule has 0 aliphatic carbocycles. The Hall–Kier alpha value is -2.24. The summed E-state index contributed by atoms with van der Waals surface area (Å²) in [7, 11) is -3.91. The molecule has 0 N–H and O–H groups in total. The smallest absolute Gasteiger partial charge is 0.215 e. The number of hydrogen-bond acceptors (Lipinski definition) is 4. The highest BCUT2D eigenvalue weighted by Gasteiger charge is 2.34. The molecule has 4 rings (SSSR count). The molecule has 0 fully saturated rings. The summed E-state index contributed by atoms with van der Waals surface area (Å²) < 4.78 is 68.0. The summed E-state index contributed by atoms with van der Waals surface area (Å²) in [6.45, 7) is -0.0934. The van der Waals surface area contributed by atoms with Crippen LogP contribution in [0.4, 0.5) is 13.2 Å². The molecule has 0 unspecified atom stereocenters. The van der Waals surface area contributed by atoms with E-state index < -0.39 is 21.8 Å². The van der Waals surface area contributed by atoms with E-state index in [2.05, 4.69) is 26.2 Å². The van der Waals surface area contributed by atoms with Crippen molar-refractivity contribution in [1.82, 2.24) is 19.3 Å². The molecule has 1 aromatic heterocycles. The summed E-state index contributed by atoms with van der Waals surface area (Å²) in [6.07, 6.45) is -2.98. The molecule has 3 aromatic rings. The average molecular weight is 473 g/mol. The van der Waals surface area contributed by atoms with Crippen LogP contribution >= 0.6 is 15.9 Å². The summed E-state index contributed by atoms with van der Waals surface area (Å²) in [6, 6.07) is 9.14. The van der Waals surface area contributed by atoms with Crippen LogP contribution in [0.3, 0.4) is 0 Å². The van der Waals surface area contributed by atoms with Crippen molar-refractivity contribution < 1.29 is 21.6 Å². The van der Waals surface area contributed by atoms with Gasteiger partial charge < -0.3 is 0 Å². The van der Waals surface area contributed by atoms with E-state index in [0.717, 1.165) is 12.1 Å². The van der Waals surface area contributed by atoms with Crippen LogP contribution in [0.2, 0.25) is 0 Å². The minimum atomic E-state index is -4.45. The molecule has 0 saturated heterocycles. The van der Waals surface area contributed by atoms with E-state index in [1.54, 1.807) is 12.1 Å². The molecule has 2 heterocycles. The Morgan fingerprint density at radius 1 is 1.11 bits per heavy atom. The second-order valence-corrected chi connectivity index (χ2v) is 9.04. The Labute approximate surface area is 166 Å². The second-order valence-electron chi connectivity index (χ2n) is 6.22. The molecule has 6 nitrogen and oxygen atoms in total. The zero-order valence-electron chi connectivity index (χ0n) is 14.1. The van der Waals surface area contributed by atoms with Gasteiger partial charge in [-0.3, -0.25) is 0 Å². The normalized spacial score (nSPS) is 16.3. The number of halogens is 4. The Balaban J connectivity index is 1.75.